The van der Waals surface area contributed by atoms with Gasteiger partial charge < -0.3 is 5.32 Å². The lowest BCUT2D eigenvalue weighted by atomic mass is 10.3. The van der Waals surface area contributed by atoms with Crippen molar-refractivity contribution in [3.63, 3.8) is 0 Å². The zero-order valence-electron chi connectivity index (χ0n) is 6.73. The molecule has 0 fully saturated rings. The van der Waals surface area contributed by atoms with Crippen LogP contribution in [0.15, 0.2) is 29.8 Å². The van der Waals surface area contributed by atoms with Crippen molar-refractivity contribution in [3.05, 3.63) is 40.7 Å². The Hall–Kier alpha value is -0.730. The van der Waals surface area contributed by atoms with Gasteiger partial charge in [0.25, 0.3) is 0 Å². The monoisotopic (exact) mass is 219 g/mol. The maximum absolute atomic E-state index is 13.2. The normalized spacial score (nSPS) is 10.7. The molecule has 0 atom stereocenters. The molecule has 1 aromatic carbocycles. The van der Waals surface area contributed by atoms with Crippen LogP contribution in [0, 0.1) is 5.82 Å². The fraction of sp³-hybridized carbons (Fsp3) is 0.111. The molecule has 0 aliphatic rings. The number of benzene rings is 1. The zero-order chi connectivity index (χ0) is 9.68. The molecule has 0 saturated carbocycles. The summed E-state index contributed by atoms with van der Waals surface area (Å²) < 4.78 is 13.2. The lowest BCUT2D eigenvalue weighted by molar-refractivity contribution is 0.631. The van der Waals surface area contributed by atoms with Crippen molar-refractivity contribution < 1.29 is 4.39 Å². The van der Waals surface area contributed by atoms with Gasteiger partial charge in [-0.15, -0.1) is 0 Å². The SMILES string of the molecule is Fc1c(Cl)cccc1NC/C=C/Cl. The highest BCUT2D eigenvalue weighted by Gasteiger charge is 2.03. The van der Waals surface area contributed by atoms with Gasteiger partial charge in [0.2, 0.25) is 0 Å². The van der Waals surface area contributed by atoms with E-state index in [9.17, 15) is 4.39 Å². The summed E-state index contributed by atoms with van der Waals surface area (Å²) in [6, 6.07) is 4.79. The van der Waals surface area contributed by atoms with Crippen LogP contribution >= 0.6 is 23.2 Å². The molecule has 0 radical (unpaired) electrons. The molecule has 1 nitrogen and oxygen atoms in total. The van der Waals surface area contributed by atoms with Crippen molar-refractivity contribution in [1.29, 1.82) is 0 Å². The second-order valence-electron chi connectivity index (χ2n) is 2.34. The summed E-state index contributed by atoms with van der Waals surface area (Å²) in [5.74, 6) is -0.438. The van der Waals surface area contributed by atoms with Crippen molar-refractivity contribution in [2.24, 2.45) is 0 Å². The molecule has 4 heteroatoms. The van der Waals surface area contributed by atoms with Crippen molar-refractivity contribution in [1.82, 2.24) is 0 Å². The van der Waals surface area contributed by atoms with Gasteiger partial charge in [0.05, 0.1) is 10.7 Å². The van der Waals surface area contributed by atoms with Gasteiger partial charge in [-0.2, -0.15) is 0 Å². The standard InChI is InChI=1S/C9H8Cl2FN/c10-5-2-6-13-8-4-1-3-7(11)9(8)12/h1-5,13H,6H2/b5-2+. The molecule has 70 valence electrons. The van der Waals surface area contributed by atoms with Crippen LogP contribution in [0.5, 0.6) is 0 Å². The van der Waals surface area contributed by atoms with E-state index in [1.807, 2.05) is 0 Å². The number of hydrogen-bond acceptors (Lipinski definition) is 1. The maximum atomic E-state index is 13.2. The van der Waals surface area contributed by atoms with Crippen molar-refractivity contribution >= 4 is 28.9 Å². The Balaban J connectivity index is 2.71. The highest BCUT2D eigenvalue weighted by molar-refractivity contribution is 6.31. The van der Waals surface area contributed by atoms with Crippen LogP contribution < -0.4 is 5.32 Å². The molecular weight excluding hydrogens is 212 g/mol. The molecule has 0 bridgehead atoms. The first-order chi connectivity index (χ1) is 6.25. The summed E-state index contributed by atoms with van der Waals surface area (Å²) in [6.07, 6.45) is 1.67. The molecule has 1 rings (SSSR count). The molecule has 1 aromatic rings. The predicted octanol–water partition coefficient (Wildman–Crippen LogP) is 3.64. The van der Waals surface area contributed by atoms with E-state index < -0.39 is 5.82 Å². The lowest BCUT2D eigenvalue weighted by Gasteiger charge is -2.04. The Kier molecular flexibility index (Phi) is 4.06. The Bertz CT molecular complexity index is 312. The fourth-order valence-corrected chi connectivity index (χ4v) is 1.12. The predicted molar refractivity (Wildman–Crippen MR) is 54.9 cm³/mol. The van der Waals surface area contributed by atoms with E-state index in [2.05, 4.69) is 5.32 Å². The lowest BCUT2D eigenvalue weighted by Crippen LogP contribution is -2.00. The fourth-order valence-electron chi connectivity index (χ4n) is 0.854. The average Bonchev–Trinajstić information content (AvgIpc) is 2.13. The summed E-state index contributed by atoms with van der Waals surface area (Å²) in [5, 5.41) is 2.93. The molecule has 0 unspecified atom stereocenters. The van der Waals surface area contributed by atoms with Crippen LogP contribution in [0.4, 0.5) is 10.1 Å². The van der Waals surface area contributed by atoms with Crippen molar-refractivity contribution in [2.45, 2.75) is 0 Å². The van der Waals surface area contributed by atoms with Gasteiger partial charge >= 0.3 is 0 Å². The Morgan fingerprint density at radius 3 is 2.92 bits per heavy atom. The molecule has 0 aliphatic heterocycles. The largest absolute Gasteiger partial charge is 0.379 e. The molecular formula is C9H8Cl2FN. The first kappa shape index (κ1) is 10.4. The van der Waals surface area contributed by atoms with Crippen molar-refractivity contribution in [3.8, 4) is 0 Å². The van der Waals surface area contributed by atoms with E-state index in [-0.39, 0.29) is 5.02 Å². The minimum absolute atomic E-state index is 0.111. The molecule has 0 spiro atoms. The van der Waals surface area contributed by atoms with Crippen LogP contribution in [0.25, 0.3) is 0 Å². The number of anilines is 1. The van der Waals surface area contributed by atoms with E-state index in [4.69, 9.17) is 23.2 Å². The van der Waals surface area contributed by atoms with Crippen LogP contribution in [0.3, 0.4) is 0 Å². The Labute approximate surface area is 86.2 Å². The summed E-state index contributed by atoms with van der Waals surface area (Å²) in [5.41, 5.74) is 1.75. The molecule has 1 N–H and O–H groups in total. The Morgan fingerprint density at radius 2 is 2.23 bits per heavy atom. The smallest absolute Gasteiger partial charge is 0.164 e. The van der Waals surface area contributed by atoms with Gasteiger partial charge in [-0.05, 0) is 12.1 Å². The average molecular weight is 220 g/mol. The van der Waals surface area contributed by atoms with Crippen LogP contribution in [0.2, 0.25) is 5.02 Å². The topological polar surface area (TPSA) is 12.0 Å². The second-order valence-corrected chi connectivity index (χ2v) is 3.00. The first-order valence-corrected chi connectivity index (χ1v) is 4.50. The third-order valence-corrected chi connectivity index (χ3v) is 1.92. The third kappa shape index (κ3) is 2.90. The quantitative estimate of drug-likeness (QED) is 0.819. The molecule has 0 heterocycles. The zero-order valence-corrected chi connectivity index (χ0v) is 8.24. The maximum Gasteiger partial charge on any atom is 0.164 e. The molecule has 0 aliphatic carbocycles. The summed E-state index contributed by atoms with van der Waals surface area (Å²) >= 11 is 10.9. The van der Waals surface area contributed by atoms with Gasteiger partial charge in [-0.1, -0.05) is 35.3 Å². The molecule has 0 amide bonds. The minimum Gasteiger partial charge on any atom is -0.379 e. The first-order valence-electron chi connectivity index (χ1n) is 3.69. The number of nitrogens with one attached hydrogen (secondary N) is 1. The Morgan fingerprint density at radius 1 is 1.46 bits per heavy atom. The van der Waals surface area contributed by atoms with Gasteiger partial charge in [-0.25, -0.2) is 4.39 Å². The van der Waals surface area contributed by atoms with E-state index in [0.29, 0.717) is 12.2 Å². The van der Waals surface area contributed by atoms with Crippen LogP contribution in [0.1, 0.15) is 0 Å². The van der Waals surface area contributed by atoms with Crippen LogP contribution in [-0.4, -0.2) is 6.54 Å². The van der Waals surface area contributed by atoms with Gasteiger partial charge in [0, 0.05) is 12.1 Å². The number of rotatable bonds is 3. The van der Waals surface area contributed by atoms with E-state index in [0.717, 1.165) is 0 Å². The van der Waals surface area contributed by atoms with Crippen molar-refractivity contribution in [2.75, 3.05) is 11.9 Å². The van der Waals surface area contributed by atoms with E-state index in [1.165, 1.54) is 11.6 Å². The summed E-state index contributed by atoms with van der Waals surface area (Å²) in [7, 11) is 0. The van der Waals surface area contributed by atoms with E-state index in [1.54, 1.807) is 18.2 Å². The minimum atomic E-state index is -0.438. The van der Waals surface area contributed by atoms with Gasteiger partial charge in [-0.3, -0.25) is 0 Å². The number of hydrogen-bond donors (Lipinski definition) is 1. The number of halogens is 3. The van der Waals surface area contributed by atoms with E-state index >= 15 is 0 Å². The van der Waals surface area contributed by atoms with Gasteiger partial charge in [0.1, 0.15) is 0 Å². The molecule has 0 aromatic heterocycles. The molecule has 13 heavy (non-hydrogen) atoms. The summed E-state index contributed by atoms with van der Waals surface area (Å²) in [4.78, 5) is 0. The highest BCUT2D eigenvalue weighted by Crippen LogP contribution is 2.21. The summed E-state index contributed by atoms with van der Waals surface area (Å²) in [6.45, 7) is 0.473. The van der Waals surface area contributed by atoms with Gasteiger partial charge in [0.15, 0.2) is 5.82 Å². The molecule has 0 saturated heterocycles. The third-order valence-electron chi connectivity index (χ3n) is 1.45. The van der Waals surface area contributed by atoms with Crippen LogP contribution in [-0.2, 0) is 0 Å². The highest BCUT2D eigenvalue weighted by atomic mass is 35.5. The second kappa shape index (κ2) is 5.10.